The summed E-state index contributed by atoms with van der Waals surface area (Å²) in [7, 11) is -3.64. The highest BCUT2D eigenvalue weighted by Crippen LogP contribution is 2.29. The summed E-state index contributed by atoms with van der Waals surface area (Å²) >= 11 is 7.92. The van der Waals surface area contributed by atoms with Gasteiger partial charge in [0.1, 0.15) is 6.04 Å². The lowest BCUT2D eigenvalue weighted by Gasteiger charge is -2.29. The minimum atomic E-state index is -3.64. The predicted molar refractivity (Wildman–Crippen MR) is 111 cm³/mol. The van der Waals surface area contributed by atoms with Crippen molar-refractivity contribution in [3.05, 3.63) is 28.8 Å². The maximum Gasteiger partial charge on any atom is 0.243 e. The smallest absolute Gasteiger partial charge is 0.243 e. The van der Waals surface area contributed by atoms with Crippen molar-refractivity contribution in [2.75, 3.05) is 22.9 Å². The molecule has 1 aliphatic rings. The van der Waals surface area contributed by atoms with Crippen LogP contribution in [-0.4, -0.2) is 44.2 Å². The molecule has 1 N–H and O–H groups in total. The van der Waals surface area contributed by atoms with Crippen molar-refractivity contribution in [3.63, 3.8) is 0 Å². The van der Waals surface area contributed by atoms with Crippen LogP contribution < -0.4 is 9.62 Å². The first-order chi connectivity index (χ1) is 12.2. The van der Waals surface area contributed by atoms with Crippen LogP contribution in [0, 0.1) is 6.92 Å². The van der Waals surface area contributed by atoms with E-state index in [0.29, 0.717) is 22.5 Å². The summed E-state index contributed by atoms with van der Waals surface area (Å²) in [5.74, 6) is 0.542. The molecule has 1 aliphatic carbocycles. The quantitative estimate of drug-likeness (QED) is 0.655. The molecule has 0 unspecified atom stereocenters. The maximum atomic E-state index is 12.5. The number of carbonyl (C=O) groups excluding carboxylic acids is 1. The van der Waals surface area contributed by atoms with Crippen LogP contribution in [-0.2, 0) is 14.8 Å². The van der Waals surface area contributed by atoms with Crippen LogP contribution in [0.1, 0.15) is 38.2 Å². The topological polar surface area (TPSA) is 66.5 Å². The average Bonchev–Trinajstić information content (AvgIpc) is 3.07. The number of sulfonamides is 1. The van der Waals surface area contributed by atoms with Crippen molar-refractivity contribution in [2.45, 2.75) is 50.8 Å². The number of amides is 1. The number of hydrogen-bond acceptors (Lipinski definition) is 4. The average molecular weight is 419 g/mol. The van der Waals surface area contributed by atoms with Gasteiger partial charge in [0.15, 0.2) is 0 Å². The third-order valence-corrected chi connectivity index (χ3v) is 7.40. The molecule has 8 heteroatoms. The maximum absolute atomic E-state index is 12.5. The lowest BCUT2D eigenvalue weighted by Crippen LogP contribution is -2.48. The van der Waals surface area contributed by atoms with E-state index >= 15 is 0 Å². The molecule has 1 aromatic rings. The number of rotatable bonds is 8. The largest absolute Gasteiger partial charge is 0.353 e. The van der Waals surface area contributed by atoms with E-state index in [1.165, 1.54) is 25.7 Å². The monoisotopic (exact) mass is 418 g/mol. The second-order valence-electron chi connectivity index (χ2n) is 6.73. The van der Waals surface area contributed by atoms with Crippen molar-refractivity contribution < 1.29 is 13.2 Å². The summed E-state index contributed by atoms with van der Waals surface area (Å²) in [5, 5.41) is 3.99. The number of nitrogens with one attached hydrogen (secondary N) is 1. The Balaban J connectivity index is 2.02. The summed E-state index contributed by atoms with van der Waals surface area (Å²) < 4.78 is 25.8. The molecule has 146 valence electrons. The van der Waals surface area contributed by atoms with Gasteiger partial charge in [-0.15, -0.1) is 0 Å². The molecule has 0 spiro atoms. The van der Waals surface area contributed by atoms with E-state index in [9.17, 15) is 13.2 Å². The second-order valence-corrected chi connectivity index (χ2v) is 10.4. The van der Waals surface area contributed by atoms with Gasteiger partial charge >= 0.3 is 0 Å². The first-order valence-electron chi connectivity index (χ1n) is 8.85. The van der Waals surface area contributed by atoms with Crippen molar-refractivity contribution in [1.29, 1.82) is 0 Å². The summed E-state index contributed by atoms with van der Waals surface area (Å²) in [6.45, 7) is 3.93. The zero-order valence-corrected chi connectivity index (χ0v) is 17.9. The molecule has 1 saturated carbocycles. The Morgan fingerprint density at radius 1 is 1.38 bits per heavy atom. The number of nitrogens with zero attached hydrogens (tertiary/aromatic N) is 1. The predicted octanol–water partition coefficient (Wildman–Crippen LogP) is 3.59. The molecule has 0 aromatic heterocycles. The number of hydrogen-bond donors (Lipinski definition) is 1. The van der Waals surface area contributed by atoms with Gasteiger partial charge in [-0.2, -0.15) is 11.8 Å². The summed E-state index contributed by atoms with van der Waals surface area (Å²) in [6, 6.07) is 4.18. The van der Waals surface area contributed by atoms with Crippen molar-refractivity contribution in [2.24, 2.45) is 0 Å². The van der Waals surface area contributed by atoms with E-state index < -0.39 is 16.1 Å². The van der Waals surface area contributed by atoms with Gasteiger partial charge in [0.2, 0.25) is 15.9 Å². The molecule has 5 nitrogen and oxygen atoms in total. The molecule has 0 radical (unpaired) electrons. The van der Waals surface area contributed by atoms with E-state index in [1.54, 1.807) is 32.0 Å². The van der Waals surface area contributed by atoms with E-state index in [4.69, 9.17) is 11.6 Å². The van der Waals surface area contributed by atoms with Crippen molar-refractivity contribution in [3.8, 4) is 0 Å². The van der Waals surface area contributed by atoms with Crippen LogP contribution in [0.25, 0.3) is 0 Å². The van der Waals surface area contributed by atoms with Crippen LogP contribution in [0.3, 0.4) is 0 Å². The van der Waals surface area contributed by atoms with Gasteiger partial charge in [0.05, 0.1) is 11.9 Å². The zero-order valence-electron chi connectivity index (χ0n) is 15.5. The van der Waals surface area contributed by atoms with Gasteiger partial charge in [0, 0.05) is 22.6 Å². The van der Waals surface area contributed by atoms with Crippen LogP contribution in [0.4, 0.5) is 5.69 Å². The van der Waals surface area contributed by atoms with Gasteiger partial charge in [-0.05, 0) is 44.4 Å². The van der Waals surface area contributed by atoms with Gasteiger partial charge in [-0.25, -0.2) is 8.42 Å². The molecule has 0 saturated heterocycles. The minimum absolute atomic E-state index is 0.304. The molecule has 1 fully saturated rings. The molecule has 0 bridgehead atoms. The van der Waals surface area contributed by atoms with Crippen LogP contribution in [0.5, 0.6) is 0 Å². The Hall–Kier alpha value is -0.920. The summed E-state index contributed by atoms with van der Waals surface area (Å²) in [4.78, 5) is 12.5. The third-order valence-electron chi connectivity index (χ3n) is 4.55. The highest BCUT2D eigenvalue weighted by molar-refractivity contribution is 7.99. The zero-order chi connectivity index (χ0) is 19.3. The molecular formula is C18H27ClN2O3S2. The normalized spacial score (nSPS) is 16.5. The van der Waals surface area contributed by atoms with Gasteiger partial charge in [0.25, 0.3) is 0 Å². The molecular weight excluding hydrogens is 392 g/mol. The fraction of sp³-hybridized carbons (Fsp3) is 0.611. The fourth-order valence-electron chi connectivity index (χ4n) is 3.20. The van der Waals surface area contributed by atoms with E-state index in [1.807, 2.05) is 11.8 Å². The Kier molecular flexibility index (Phi) is 7.67. The van der Waals surface area contributed by atoms with E-state index in [-0.39, 0.29) is 5.91 Å². The van der Waals surface area contributed by atoms with Gasteiger partial charge in [-0.1, -0.05) is 30.5 Å². The molecule has 1 aromatic carbocycles. The summed E-state index contributed by atoms with van der Waals surface area (Å²) in [5.41, 5.74) is 1.18. The highest BCUT2D eigenvalue weighted by atomic mass is 35.5. The minimum Gasteiger partial charge on any atom is -0.353 e. The van der Waals surface area contributed by atoms with Gasteiger partial charge in [-0.3, -0.25) is 9.10 Å². The number of anilines is 1. The van der Waals surface area contributed by atoms with Crippen LogP contribution in [0.15, 0.2) is 18.2 Å². The number of aryl methyl sites for hydroxylation is 1. The highest BCUT2D eigenvalue weighted by Gasteiger charge is 2.30. The molecule has 0 aliphatic heterocycles. The first-order valence-corrected chi connectivity index (χ1v) is 12.1. The number of halogens is 1. The Labute approximate surface area is 165 Å². The third kappa shape index (κ3) is 5.79. The molecule has 26 heavy (non-hydrogen) atoms. The molecule has 0 heterocycles. The number of benzene rings is 1. The van der Waals surface area contributed by atoms with Crippen LogP contribution in [0.2, 0.25) is 5.02 Å². The molecule has 1 atom stereocenters. The number of thioether (sulfide) groups is 1. The van der Waals surface area contributed by atoms with Crippen molar-refractivity contribution in [1.82, 2.24) is 5.32 Å². The lowest BCUT2D eigenvalue weighted by molar-refractivity contribution is -0.121. The lowest BCUT2D eigenvalue weighted by atomic mass is 10.2. The van der Waals surface area contributed by atoms with Crippen LogP contribution >= 0.6 is 23.4 Å². The number of carbonyl (C=O) groups is 1. The molecule has 1 amide bonds. The first kappa shape index (κ1) is 21.4. The Bertz CT molecular complexity index is 734. The standard InChI is InChI=1S/C18H27ClN2O3S2/c1-13-8-9-15(19)12-17(13)21(26(3,23)24)14(2)18(22)20-10-11-25-16-6-4-5-7-16/h8-9,12,14,16H,4-7,10-11H2,1-3H3,(H,20,22)/t14-/m1/s1. The summed E-state index contributed by atoms with van der Waals surface area (Å²) in [6.07, 6.45) is 6.20. The molecule has 2 rings (SSSR count). The Morgan fingerprint density at radius 2 is 2.04 bits per heavy atom. The Morgan fingerprint density at radius 3 is 2.65 bits per heavy atom. The van der Waals surface area contributed by atoms with E-state index in [2.05, 4.69) is 5.32 Å². The SMILES string of the molecule is Cc1ccc(Cl)cc1N([C@H](C)C(=O)NCCSC1CCCC1)S(C)(=O)=O. The fourth-order valence-corrected chi connectivity index (χ4v) is 5.81. The second kappa shape index (κ2) is 9.33. The van der Waals surface area contributed by atoms with E-state index in [0.717, 1.165) is 21.9 Å². The van der Waals surface area contributed by atoms with Gasteiger partial charge < -0.3 is 5.32 Å². The van der Waals surface area contributed by atoms with Crippen molar-refractivity contribution >= 4 is 45.0 Å².